The van der Waals surface area contributed by atoms with Gasteiger partial charge in [-0.1, -0.05) is 27.7 Å². The lowest BCUT2D eigenvalue weighted by Gasteiger charge is -2.21. The Morgan fingerprint density at radius 2 is 1.89 bits per heavy atom. The zero-order chi connectivity index (χ0) is 13.7. The molecule has 0 aromatic carbocycles. The summed E-state index contributed by atoms with van der Waals surface area (Å²) in [6.07, 6.45) is 1.18. The van der Waals surface area contributed by atoms with Gasteiger partial charge in [0.15, 0.2) is 0 Å². The normalized spacial score (nSPS) is 11.3. The molecule has 1 aromatic rings. The fourth-order valence-electron chi connectivity index (χ4n) is 1.77. The molecule has 3 heteroatoms. The predicted octanol–water partition coefficient (Wildman–Crippen LogP) is 3.15. The molecule has 0 aliphatic heterocycles. The highest BCUT2D eigenvalue weighted by Gasteiger charge is 2.09. The Bertz CT molecular complexity index is 372. The Hall–Kier alpha value is -1.09. The van der Waals surface area contributed by atoms with E-state index in [0.717, 1.165) is 24.0 Å². The maximum absolute atomic E-state index is 5.76. The molecule has 1 heterocycles. The van der Waals surface area contributed by atoms with Gasteiger partial charge in [-0.2, -0.15) is 0 Å². The highest BCUT2D eigenvalue weighted by molar-refractivity contribution is 5.42. The molecule has 0 unspecified atom stereocenters. The molecule has 0 radical (unpaired) electrons. The van der Waals surface area contributed by atoms with Gasteiger partial charge in [0.25, 0.3) is 0 Å². The molecule has 0 amide bonds. The summed E-state index contributed by atoms with van der Waals surface area (Å²) in [4.78, 5) is 6.96. The van der Waals surface area contributed by atoms with Gasteiger partial charge in [-0.15, -0.1) is 0 Å². The number of nitrogens with two attached hydrogens (primary N) is 1. The molecule has 0 aliphatic rings. The number of pyridine rings is 1. The third-order valence-electron chi connectivity index (χ3n) is 3.15. The van der Waals surface area contributed by atoms with E-state index in [1.807, 2.05) is 0 Å². The molecule has 0 bridgehead atoms. The third-order valence-corrected chi connectivity index (χ3v) is 3.15. The molecule has 0 fully saturated rings. The van der Waals surface area contributed by atoms with Crippen LogP contribution in [0.15, 0.2) is 12.1 Å². The van der Waals surface area contributed by atoms with Crippen molar-refractivity contribution >= 4 is 5.82 Å². The number of hydrogen-bond acceptors (Lipinski definition) is 3. The topological polar surface area (TPSA) is 42.1 Å². The predicted molar refractivity (Wildman–Crippen MR) is 78.9 cm³/mol. The summed E-state index contributed by atoms with van der Waals surface area (Å²) in [6.45, 7) is 10.4. The summed E-state index contributed by atoms with van der Waals surface area (Å²) in [7, 11) is 2.11. The molecule has 1 aromatic heterocycles. The monoisotopic (exact) mass is 249 g/mol. The molecule has 0 aliphatic carbocycles. The number of nitrogens with zero attached hydrogens (tertiary/aromatic N) is 2. The van der Waals surface area contributed by atoms with Crippen LogP contribution in [0.5, 0.6) is 0 Å². The standard InChI is InChI=1S/C15H27N3/c1-11(2)6-7-18(5)15-9-13(10-16)8-14(17-15)12(3)4/h8-9,11-12H,6-7,10,16H2,1-5H3. The van der Waals surface area contributed by atoms with Crippen LogP contribution in [0, 0.1) is 5.92 Å². The first-order valence-electron chi connectivity index (χ1n) is 6.86. The van der Waals surface area contributed by atoms with Gasteiger partial charge in [-0.3, -0.25) is 0 Å². The van der Waals surface area contributed by atoms with E-state index in [1.54, 1.807) is 0 Å². The number of hydrogen-bond donors (Lipinski definition) is 1. The molecule has 1 rings (SSSR count). The van der Waals surface area contributed by atoms with Crippen molar-refractivity contribution in [2.24, 2.45) is 11.7 Å². The Labute approximate surface area is 111 Å². The molecule has 2 N–H and O–H groups in total. The summed E-state index contributed by atoms with van der Waals surface area (Å²) in [5.74, 6) is 2.20. The van der Waals surface area contributed by atoms with Gasteiger partial charge in [-0.25, -0.2) is 4.98 Å². The lowest BCUT2D eigenvalue weighted by atomic mass is 10.1. The Morgan fingerprint density at radius 1 is 1.22 bits per heavy atom. The molecular formula is C15H27N3. The Kier molecular flexibility index (Phi) is 5.60. The number of anilines is 1. The van der Waals surface area contributed by atoms with E-state index in [4.69, 9.17) is 10.7 Å². The molecule has 3 nitrogen and oxygen atoms in total. The lowest BCUT2D eigenvalue weighted by Crippen LogP contribution is -2.22. The van der Waals surface area contributed by atoms with Gasteiger partial charge < -0.3 is 10.6 Å². The Morgan fingerprint density at radius 3 is 2.39 bits per heavy atom. The van der Waals surface area contributed by atoms with E-state index in [0.29, 0.717) is 12.5 Å². The van der Waals surface area contributed by atoms with E-state index < -0.39 is 0 Å². The van der Waals surface area contributed by atoms with E-state index in [9.17, 15) is 0 Å². The quantitative estimate of drug-likeness (QED) is 0.842. The second kappa shape index (κ2) is 6.74. The van der Waals surface area contributed by atoms with Crippen LogP contribution in [-0.2, 0) is 6.54 Å². The lowest BCUT2D eigenvalue weighted by molar-refractivity contribution is 0.583. The minimum Gasteiger partial charge on any atom is -0.360 e. The molecule has 0 saturated carbocycles. The van der Waals surface area contributed by atoms with Crippen molar-refractivity contribution in [3.8, 4) is 0 Å². The maximum atomic E-state index is 5.76. The average molecular weight is 249 g/mol. The number of aromatic nitrogens is 1. The fraction of sp³-hybridized carbons (Fsp3) is 0.667. The first-order chi connectivity index (χ1) is 8.43. The minimum atomic E-state index is 0.439. The second-order valence-corrected chi connectivity index (χ2v) is 5.72. The Balaban J connectivity index is 2.89. The highest BCUT2D eigenvalue weighted by atomic mass is 15.2. The summed E-state index contributed by atoms with van der Waals surface area (Å²) < 4.78 is 0. The largest absolute Gasteiger partial charge is 0.360 e. The van der Waals surface area contributed by atoms with E-state index in [2.05, 4.69) is 51.8 Å². The van der Waals surface area contributed by atoms with Crippen LogP contribution in [0.2, 0.25) is 0 Å². The van der Waals surface area contributed by atoms with Gasteiger partial charge in [-0.05, 0) is 36.0 Å². The van der Waals surface area contributed by atoms with Gasteiger partial charge >= 0.3 is 0 Å². The van der Waals surface area contributed by atoms with E-state index in [1.165, 1.54) is 12.0 Å². The zero-order valence-electron chi connectivity index (χ0n) is 12.4. The maximum Gasteiger partial charge on any atom is 0.128 e. The van der Waals surface area contributed by atoms with Crippen LogP contribution < -0.4 is 10.6 Å². The van der Waals surface area contributed by atoms with Crippen molar-refractivity contribution in [1.29, 1.82) is 0 Å². The van der Waals surface area contributed by atoms with E-state index in [-0.39, 0.29) is 0 Å². The van der Waals surface area contributed by atoms with Crippen molar-refractivity contribution < 1.29 is 0 Å². The minimum absolute atomic E-state index is 0.439. The average Bonchev–Trinajstić information content (AvgIpc) is 2.35. The summed E-state index contributed by atoms with van der Waals surface area (Å²) in [5, 5.41) is 0. The molecule has 0 saturated heterocycles. The van der Waals surface area contributed by atoms with Crippen LogP contribution in [-0.4, -0.2) is 18.6 Å². The summed E-state index contributed by atoms with van der Waals surface area (Å²) in [6, 6.07) is 4.22. The van der Waals surface area contributed by atoms with Crippen molar-refractivity contribution in [3.05, 3.63) is 23.4 Å². The molecule has 102 valence electrons. The SMILES string of the molecule is CC(C)CCN(C)c1cc(CN)cc(C(C)C)n1. The van der Waals surface area contributed by atoms with Crippen molar-refractivity contribution in [1.82, 2.24) is 4.98 Å². The van der Waals surface area contributed by atoms with Crippen LogP contribution in [0.1, 0.15) is 51.3 Å². The van der Waals surface area contributed by atoms with Crippen LogP contribution >= 0.6 is 0 Å². The van der Waals surface area contributed by atoms with Gasteiger partial charge in [0.2, 0.25) is 0 Å². The second-order valence-electron chi connectivity index (χ2n) is 5.72. The van der Waals surface area contributed by atoms with Crippen LogP contribution in [0.3, 0.4) is 0 Å². The smallest absolute Gasteiger partial charge is 0.128 e. The third kappa shape index (κ3) is 4.30. The zero-order valence-corrected chi connectivity index (χ0v) is 12.4. The summed E-state index contributed by atoms with van der Waals surface area (Å²) >= 11 is 0. The highest BCUT2D eigenvalue weighted by Crippen LogP contribution is 2.20. The van der Waals surface area contributed by atoms with Crippen molar-refractivity contribution in [2.45, 2.75) is 46.6 Å². The molecule has 18 heavy (non-hydrogen) atoms. The fourth-order valence-corrected chi connectivity index (χ4v) is 1.77. The van der Waals surface area contributed by atoms with Gasteiger partial charge in [0.05, 0.1) is 0 Å². The first-order valence-corrected chi connectivity index (χ1v) is 6.86. The van der Waals surface area contributed by atoms with Crippen molar-refractivity contribution in [3.63, 3.8) is 0 Å². The summed E-state index contributed by atoms with van der Waals surface area (Å²) in [5.41, 5.74) is 8.06. The van der Waals surface area contributed by atoms with Crippen molar-refractivity contribution in [2.75, 3.05) is 18.5 Å². The molecular weight excluding hydrogens is 222 g/mol. The van der Waals surface area contributed by atoms with Crippen LogP contribution in [0.25, 0.3) is 0 Å². The number of rotatable bonds is 6. The molecule has 0 spiro atoms. The first kappa shape index (κ1) is 15.0. The molecule has 0 atom stereocenters. The van der Waals surface area contributed by atoms with E-state index >= 15 is 0 Å². The van der Waals surface area contributed by atoms with Crippen LogP contribution in [0.4, 0.5) is 5.82 Å². The van der Waals surface area contributed by atoms with Gasteiger partial charge in [0.1, 0.15) is 5.82 Å². The van der Waals surface area contributed by atoms with Gasteiger partial charge in [0, 0.05) is 25.8 Å².